The van der Waals surface area contributed by atoms with Gasteiger partial charge in [-0.3, -0.25) is 4.79 Å². The minimum absolute atomic E-state index is 0.0959. The highest BCUT2D eigenvalue weighted by molar-refractivity contribution is 6.42. The van der Waals surface area contributed by atoms with Gasteiger partial charge in [-0.1, -0.05) is 23.2 Å². The molecule has 1 N–H and O–H groups in total. The number of methoxy groups -OCH3 is 1. The van der Waals surface area contributed by atoms with Gasteiger partial charge < -0.3 is 10.1 Å². The largest absolute Gasteiger partial charge is 0.497 e. The van der Waals surface area contributed by atoms with Crippen molar-refractivity contribution in [2.75, 3.05) is 12.4 Å². The van der Waals surface area contributed by atoms with Crippen molar-refractivity contribution in [3.8, 4) is 11.4 Å². The lowest BCUT2D eigenvalue weighted by Gasteiger charge is -2.14. The van der Waals surface area contributed by atoms with Crippen LogP contribution in [-0.4, -0.2) is 22.7 Å². The first-order valence-corrected chi connectivity index (χ1v) is 9.34. The monoisotopic (exact) mass is 401 g/mol. The van der Waals surface area contributed by atoms with Crippen LogP contribution in [0.5, 0.6) is 5.75 Å². The van der Waals surface area contributed by atoms with E-state index >= 15 is 0 Å². The van der Waals surface area contributed by atoms with Crippen LogP contribution in [0, 0.1) is 0 Å². The molecule has 0 bridgehead atoms. The van der Waals surface area contributed by atoms with Crippen LogP contribution in [0.25, 0.3) is 5.69 Å². The van der Waals surface area contributed by atoms with Gasteiger partial charge in [-0.25, -0.2) is 4.68 Å². The van der Waals surface area contributed by atoms with Crippen molar-refractivity contribution < 1.29 is 9.53 Å². The molecule has 0 amide bonds. The molecule has 0 aliphatic heterocycles. The van der Waals surface area contributed by atoms with Crippen LogP contribution in [0.3, 0.4) is 0 Å². The zero-order chi connectivity index (χ0) is 19.0. The maximum Gasteiger partial charge on any atom is 0.168 e. The van der Waals surface area contributed by atoms with Gasteiger partial charge >= 0.3 is 0 Å². The molecule has 0 fully saturated rings. The zero-order valence-electron chi connectivity index (χ0n) is 14.6. The second kappa shape index (κ2) is 7.25. The van der Waals surface area contributed by atoms with E-state index < -0.39 is 0 Å². The molecular formula is C20H17Cl2N3O2. The Kier molecular flexibility index (Phi) is 4.81. The number of hydrogen-bond donors (Lipinski definition) is 1. The van der Waals surface area contributed by atoms with E-state index in [2.05, 4.69) is 10.4 Å². The third kappa shape index (κ3) is 3.40. The second-order valence-electron chi connectivity index (χ2n) is 6.31. The number of ether oxygens (including phenoxy) is 1. The first-order chi connectivity index (χ1) is 13.1. The molecule has 0 radical (unpaired) electrons. The van der Waals surface area contributed by atoms with Crippen LogP contribution in [0.4, 0.5) is 11.5 Å². The van der Waals surface area contributed by atoms with Gasteiger partial charge in [0.2, 0.25) is 0 Å². The SMILES string of the molecule is COc1ccc(-n2nc(Nc3ccc(Cl)c(Cl)c3)c3c2CCCC3=O)cc1. The summed E-state index contributed by atoms with van der Waals surface area (Å²) in [6.07, 6.45) is 2.14. The van der Waals surface area contributed by atoms with Gasteiger partial charge in [0.15, 0.2) is 11.6 Å². The number of anilines is 2. The Hall–Kier alpha value is -2.50. The third-order valence-corrected chi connectivity index (χ3v) is 5.32. The van der Waals surface area contributed by atoms with Crippen LogP contribution in [0.15, 0.2) is 42.5 Å². The Morgan fingerprint density at radius 3 is 2.56 bits per heavy atom. The number of carbonyl (C=O) groups excluding carboxylic acids is 1. The van der Waals surface area contributed by atoms with E-state index in [1.54, 1.807) is 25.3 Å². The van der Waals surface area contributed by atoms with Gasteiger partial charge in [0.1, 0.15) is 5.75 Å². The van der Waals surface area contributed by atoms with E-state index in [4.69, 9.17) is 27.9 Å². The number of fused-ring (bicyclic) bond motifs is 1. The molecule has 0 unspecified atom stereocenters. The Morgan fingerprint density at radius 1 is 1.07 bits per heavy atom. The van der Waals surface area contributed by atoms with Gasteiger partial charge in [0, 0.05) is 12.1 Å². The van der Waals surface area contributed by atoms with Crippen LogP contribution < -0.4 is 10.1 Å². The maximum atomic E-state index is 12.6. The number of rotatable bonds is 4. The Bertz CT molecular complexity index is 1010. The summed E-state index contributed by atoms with van der Waals surface area (Å²) in [5.41, 5.74) is 3.16. The Balaban J connectivity index is 1.78. The smallest absolute Gasteiger partial charge is 0.168 e. The fraction of sp³-hybridized carbons (Fsp3) is 0.200. The van der Waals surface area contributed by atoms with Crippen LogP contribution in [0.2, 0.25) is 10.0 Å². The second-order valence-corrected chi connectivity index (χ2v) is 7.13. The fourth-order valence-corrected chi connectivity index (χ4v) is 3.55. The summed E-state index contributed by atoms with van der Waals surface area (Å²) in [6, 6.07) is 12.8. The van der Waals surface area contributed by atoms with Gasteiger partial charge in [0.05, 0.1) is 34.1 Å². The molecule has 0 atom stereocenters. The standard InChI is InChI=1S/C20H17Cl2N3O2/c1-27-14-8-6-13(7-9-14)25-17-3-2-4-18(26)19(17)20(24-25)23-12-5-10-15(21)16(22)11-12/h5-11H,2-4H2,1H3,(H,23,24). The summed E-state index contributed by atoms with van der Waals surface area (Å²) in [6.45, 7) is 0. The predicted octanol–water partition coefficient (Wildman–Crippen LogP) is 5.45. The van der Waals surface area contributed by atoms with Crippen molar-refractivity contribution in [1.29, 1.82) is 0 Å². The normalized spacial score (nSPS) is 13.4. The first-order valence-electron chi connectivity index (χ1n) is 8.58. The molecule has 1 heterocycles. The molecule has 0 saturated carbocycles. The van der Waals surface area contributed by atoms with Gasteiger partial charge in [-0.2, -0.15) is 0 Å². The lowest BCUT2D eigenvalue weighted by molar-refractivity contribution is 0.0973. The van der Waals surface area contributed by atoms with Crippen molar-refractivity contribution in [3.63, 3.8) is 0 Å². The highest BCUT2D eigenvalue weighted by atomic mass is 35.5. The van der Waals surface area contributed by atoms with Crippen LogP contribution >= 0.6 is 23.2 Å². The molecule has 1 aromatic heterocycles. The molecule has 0 saturated heterocycles. The third-order valence-electron chi connectivity index (χ3n) is 4.58. The zero-order valence-corrected chi connectivity index (χ0v) is 16.1. The summed E-state index contributed by atoms with van der Waals surface area (Å²) in [7, 11) is 1.63. The van der Waals surface area contributed by atoms with Gasteiger partial charge in [0.25, 0.3) is 0 Å². The van der Waals surface area contributed by atoms with E-state index in [9.17, 15) is 4.79 Å². The summed E-state index contributed by atoms with van der Waals surface area (Å²) >= 11 is 12.1. The minimum atomic E-state index is 0.0959. The highest BCUT2D eigenvalue weighted by Gasteiger charge is 2.27. The minimum Gasteiger partial charge on any atom is -0.497 e. The number of aromatic nitrogens is 2. The van der Waals surface area contributed by atoms with Crippen molar-refractivity contribution in [1.82, 2.24) is 9.78 Å². The van der Waals surface area contributed by atoms with Crippen molar-refractivity contribution >= 4 is 40.5 Å². The van der Waals surface area contributed by atoms with E-state index in [0.717, 1.165) is 35.7 Å². The van der Waals surface area contributed by atoms with Crippen molar-refractivity contribution in [2.45, 2.75) is 19.3 Å². The summed E-state index contributed by atoms with van der Waals surface area (Å²) < 4.78 is 7.05. The molecule has 2 aromatic carbocycles. The Morgan fingerprint density at radius 2 is 1.85 bits per heavy atom. The number of hydrogen-bond acceptors (Lipinski definition) is 4. The lowest BCUT2D eigenvalue weighted by atomic mass is 9.95. The molecule has 1 aliphatic carbocycles. The highest BCUT2D eigenvalue weighted by Crippen LogP contribution is 2.33. The predicted molar refractivity (Wildman–Crippen MR) is 107 cm³/mol. The number of nitrogens with one attached hydrogen (secondary N) is 1. The fourth-order valence-electron chi connectivity index (χ4n) is 3.25. The maximum absolute atomic E-state index is 12.6. The molecule has 4 rings (SSSR count). The van der Waals surface area contributed by atoms with Gasteiger partial charge in [-0.05, 0) is 55.3 Å². The van der Waals surface area contributed by atoms with E-state index in [1.165, 1.54) is 0 Å². The quantitative estimate of drug-likeness (QED) is 0.631. The first kappa shape index (κ1) is 17.9. The summed E-state index contributed by atoms with van der Waals surface area (Å²) in [5, 5.41) is 8.82. The molecule has 5 nitrogen and oxygen atoms in total. The van der Waals surface area contributed by atoms with Crippen molar-refractivity contribution in [2.24, 2.45) is 0 Å². The number of halogens is 2. The average Bonchev–Trinajstić information content (AvgIpc) is 3.04. The van der Waals surface area contributed by atoms with Gasteiger partial charge in [-0.15, -0.1) is 5.10 Å². The van der Waals surface area contributed by atoms with Crippen LogP contribution in [0.1, 0.15) is 28.9 Å². The van der Waals surface area contributed by atoms with Crippen molar-refractivity contribution in [3.05, 3.63) is 63.8 Å². The lowest BCUT2D eigenvalue weighted by Crippen LogP contribution is -2.13. The van der Waals surface area contributed by atoms with E-state index in [1.807, 2.05) is 28.9 Å². The number of nitrogens with zero attached hydrogens (tertiary/aromatic N) is 2. The average molecular weight is 402 g/mol. The summed E-state index contributed by atoms with van der Waals surface area (Å²) in [4.78, 5) is 12.6. The number of carbonyl (C=O) groups is 1. The molecule has 138 valence electrons. The topological polar surface area (TPSA) is 56.1 Å². The number of benzene rings is 2. The number of Topliss-reactive ketones (excluding diaryl/α,β-unsaturated/α-hetero) is 1. The Labute approximate surface area is 166 Å². The molecule has 27 heavy (non-hydrogen) atoms. The number of ketones is 1. The summed E-state index contributed by atoms with van der Waals surface area (Å²) in [5.74, 6) is 1.40. The molecule has 0 spiro atoms. The molecule has 7 heteroatoms. The van der Waals surface area contributed by atoms with E-state index in [-0.39, 0.29) is 5.78 Å². The molecular weight excluding hydrogens is 385 g/mol. The molecule has 3 aromatic rings. The van der Waals surface area contributed by atoms with E-state index in [0.29, 0.717) is 27.8 Å². The van der Waals surface area contributed by atoms with Crippen LogP contribution in [-0.2, 0) is 6.42 Å². The molecule has 1 aliphatic rings.